The Labute approximate surface area is 103 Å². The molecule has 1 N–H and O–H groups in total. The molecule has 7 nitrogen and oxygen atoms in total. The fourth-order valence-corrected chi connectivity index (χ4v) is 1.50. The van der Waals surface area contributed by atoms with E-state index in [9.17, 15) is 0 Å². The number of anilines is 1. The molecule has 0 aliphatic heterocycles. The number of aryl methyl sites for hydroxylation is 1. The van der Waals surface area contributed by atoms with Gasteiger partial charge in [-0.1, -0.05) is 11.6 Å². The molecule has 90 valence electrons. The molecule has 0 aliphatic carbocycles. The average Bonchev–Trinajstić information content (AvgIpc) is 2.72. The summed E-state index contributed by atoms with van der Waals surface area (Å²) in [6, 6.07) is 0. The third-order valence-corrected chi connectivity index (χ3v) is 2.45. The van der Waals surface area contributed by atoms with Crippen molar-refractivity contribution in [2.75, 3.05) is 12.4 Å². The smallest absolute Gasteiger partial charge is 0.198 e. The van der Waals surface area contributed by atoms with Crippen LogP contribution in [-0.2, 0) is 13.6 Å². The minimum absolute atomic E-state index is 0.267. The second-order valence-electron chi connectivity index (χ2n) is 3.26. The first-order valence-electron chi connectivity index (χ1n) is 4.83. The Kier molecular flexibility index (Phi) is 3.38. The third-order valence-electron chi connectivity index (χ3n) is 2.18. The lowest BCUT2D eigenvalue weighted by atomic mass is 10.5. The molecule has 0 amide bonds. The highest BCUT2D eigenvalue weighted by Crippen LogP contribution is 2.28. The van der Waals surface area contributed by atoms with Crippen molar-refractivity contribution in [2.45, 2.75) is 6.54 Å². The number of methoxy groups -OCH3 is 1. The van der Waals surface area contributed by atoms with E-state index in [4.69, 9.17) is 16.3 Å². The van der Waals surface area contributed by atoms with E-state index in [1.54, 1.807) is 6.33 Å². The van der Waals surface area contributed by atoms with Gasteiger partial charge in [0.15, 0.2) is 22.5 Å². The van der Waals surface area contributed by atoms with Gasteiger partial charge in [-0.05, 0) is 0 Å². The van der Waals surface area contributed by atoms with Gasteiger partial charge in [-0.25, -0.2) is 9.97 Å². The quantitative estimate of drug-likeness (QED) is 0.816. The molecule has 0 saturated heterocycles. The molecule has 0 bridgehead atoms. The molecule has 0 radical (unpaired) electrons. The van der Waals surface area contributed by atoms with Crippen LogP contribution in [0, 0.1) is 0 Å². The molecule has 2 aromatic heterocycles. The Balaban J connectivity index is 2.14. The average molecular weight is 255 g/mol. The van der Waals surface area contributed by atoms with Crippen LogP contribution in [0.25, 0.3) is 0 Å². The van der Waals surface area contributed by atoms with Gasteiger partial charge in [-0.2, -0.15) is 0 Å². The Bertz CT molecular complexity index is 514. The molecule has 0 saturated carbocycles. The lowest BCUT2D eigenvalue weighted by Crippen LogP contribution is -2.08. The van der Waals surface area contributed by atoms with Gasteiger partial charge in [-0.3, -0.25) is 0 Å². The van der Waals surface area contributed by atoms with Gasteiger partial charge in [0.2, 0.25) is 0 Å². The molecule has 0 aromatic carbocycles. The largest absolute Gasteiger partial charge is 0.490 e. The maximum absolute atomic E-state index is 5.87. The van der Waals surface area contributed by atoms with E-state index >= 15 is 0 Å². The van der Waals surface area contributed by atoms with Gasteiger partial charge < -0.3 is 14.6 Å². The van der Waals surface area contributed by atoms with Gasteiger partial charge in [0.1, 0.15) is 12.7 Å². The normalized spacial score (nSPS) is 10.3. The summed E-state index contributed by atoms with van der Waals surface area (Å²) in [6.07, 6.45) is 2.99. The number of halogens is 1. The molecular formula is C9H11ClN6O. The molecule has 0 unspecified atom stereocenters. The highest BCUT2D eigenvalue weighted by atomic mass is 35.5. The number of nitrogens with one attached hydrogen (secondary N) is 1. The van der Waals surface area contributed by atoms with Crippen LogP contribution >= 0.6 is 11.6 Å². The summed E-state index contributed by atoms with van der Waals surface area (Å²) in [7, 11) is 3.37. The Morgan fingerprint density at radius 1 is 1.47 bits per heavy atom. The van der Waals surface area contributed by atoms with Gasteiger partial charge in [0.25, 0.3) is 0 Å². The molecule has 0 aliphatic rings. The Morgan fingerprint density at radius 2 is 2.29 bits per heavy atom. The molecule has 2 aromatic rings. The molecule has 17 heavy (non-hydrogen) atoms. The zero-order valence-corrected chi connectivity index (χ0v) is 10.1. The third kappa shape index (κ3) is 2.44. The summed E-state index contributed by atoms with van der Waals surface area (Å²) >= 11 is 5.87. The van der Waals surface area contributed by atoms with Crippen LogP contribution < -0.4 is 10.1 Å². The van der Waals surface area contributed by atoms with Gasteiger partial charge in [-0.15, -0.1) is 10.2 Å². The summed E-state index contributed by atoms with van der Waals surface area (Å²) in [4.78, 5) is 7.88. The lowest BCUT2D eigenvalue weighted by molar-refractivity contribution is 0.413. The maximum atomic E-state index is 5.87. The van der Waals surface area contributed by atoms with Crippen molar-refractivity contribution >= 4 is 17.4 Å². The first-order valence-corrected chi connectivity index (χ1v) is 5.21. The fourth-order valence-electron chi connectivity index (χ4n) is 1.29. The molecule has 2 rings (SSSR count). The first kappa shape index (κ1) is 11.6. The van der Waals surface area contributed by atoms with Crippen molar-refractivity contribution in [2.24, 2.45) is 7.05 Å². The first-order chi connectivity index (χ1) is 8.22. The van der Waals surface area contributed by atoms with E-state index in [2.05, 4.69) is 25.5 Å². The van der Waals surface area contributed by atoms with E-state index < -0.39 is 0 Å². The van der Waals surface area contributed by atoms with E-state index in [1.165, 1.54) is 13.4 Å². The number of nitrogens with zero attached hydrogens (tertiary/aromatic N) is 5. The number of rotatable bonds is 4. The van der Waals surface area contributed by atoms with E-state index in [0.717, 1.165) is 5.82 Å². The summed E-state index contributed by atoms with van der Waals surface area (Å²) in [5.41, 5.74) is 0. The highest BCUT2D eigenvalue weighted by Gasteiger charge is 2.10. The maximum Gasteiger partial charge on any atom is 0.198 e. The van der Waals surface area contributed by atoms with Gasteiger partial charge in [0, 0.05) is 7.05 Å². The standard InChI is InChI=1S/C9H11ClN6O/c1-16-5-14-15-6(16)3-11-9-7(17-2)8(10)12-4-13-9/h4-5H,3H2,1-2H3,(H,11,12,13). The van der Waals surface area contributed by atoms with Crippen molar-refractivity contribution in [3.8, 4) is 5.75 Å². The van der Waals surface area contributed by atoms with E-state index in [0.29, 0.717) is 18.1 Å². The van der Waals surface area contributed by atoms with Crippen LogP contribution in [0.15, 0.2) is 12.7 Å². The second kappa shape index (κ2) is 4.96. The zero-order chi connectivity index (χ0) is 12.3. The summed E-state index contributed by atoms with van der Waals surface area (Å²) < 4.78 is 6.92. The van der Waals surface area contributed by atoms with Crippen LogP contribution in [0.2, 0.25) is 5.15 Å². The SMILES string of the molecule is COc1c(Cl)ncnc1NCc1nncn1C. The lowest BCUT2D eigenvalue weighted by Gasteiger charge is -2.09. The number of aromatic nitrogens is 5. The van der Waals surface area contributed by atoms with Crippen LogP contribution in [0.3, 0.4) is 0 Å². The molecule has 0 atom stereocenters. The zero-order valence-electron chi connectivity index (χ0n) is 9.38. The summed E-state index contributed by atoms with van der Waals surface area (Å²) in [5.74, 6) is 1.72. The van der Waals surface area contributed by atoms with Gasteiger partial charge in [0.05, 0.1) is 13.7 Å². The summed E-state index contributed by atoms with van der Waals surface area (Å²) in [5, 5.41) is 11.1. The predicted octanol–water partition coefficient (Wildman–Crippen LogP) is 0.879. The molecule has 8 heteroatoms. The van der Waals surface area contributed by atoms with Crippen molar-refractivity contribution in [1.82, 2.24) is 24.7 Å². The van der Waals surface area contributed by atoms with Crippen molar-refractivity contribution in [1.29, 1.82) is 0 Å². The van der Waals surface area contributed by atoms with Crippen molar-refractivity contribution in [3.05, 3.63) is 23.6 Å². The summed E-state index contributed by atoms with van der Waals surface area (Å²) in [6.45, 7) is 0.472. The topological polar surface area (TPSA) is 77.8 Å². The van der Waals surface area contributed by atoms with Crippen LogP contribution in [0.5, 0.6) is 5.75 Å². The second-order valence-corrected chi connectivity index (χ2v) is 3.62. The predicted molar refractivity (Wildman–Crippen MR) is 61.9 cm³/mol. The van der Waals surface area contributed by atoms with E-state index in [1.807, 2.05) is 11.6 Å². The number of hydrogen-bond donors (Lipinski definition) is 1. The molecule has 0 spiro atoms. The molecular weight excluding hydrogens is 244 g/mol. The van der Waals surface area contributed by atoms with Gasteiger partial charge >= 0.3 is 0 Å². The minimum Gasteiger partial charge on any atom is -0.490 e. The fraction of sp³-hybridized carbons (Fsp3) is 0.333. The number of ether oxygens (including phenoxy) is 1. The van der Waals surface area contributed by atoms with E-state index in [-0.39, 0.29) is 5.15 Å². The minimum atomic E-state index is 0.267. The highest BCUT2D eigenvalue weighted by molar-refractivity contribution is 6.31. The van der Waals surface area contributed by atoms with Crippen LogP contribution in [-0.4, -0.2) is 31.8 Å². The van der Waals surface area contributed by atoms with Crippen molar-refractivity contribution in [3.63, 3.8) is 0 Å². The van der Waals surface area contributed by atoms with Crippen LogP contribution in [0.4, 0.5) is 5.82 Å². The monoisotopic (exact) mass is 254 g/mol. The Morgan fingerprint density at radius 3 is 2.94 bits per heavy atom. The molecule has 0 fully saturated rings. The van der Waals surface area contributed by atoms with Crippen molar-refractivity contribution < 1.29 is 4.74 Å². The number of hydrogen-bond acceptors (Lipinski definition) is 6. The van der Waals surface area contributed by atoms with Crippen LogP contribution in [0.1, 0.15) is 5.82 Å². The Hall–Kier alpha value is -1.89. The molecule has 2 heterocycles.